The predicted octanol–water partition coefficient (Wildman–Crippen LogP) is 4.40. The summed E-state index contributed by atoms with van der Waals surface area (Å²) in [5, 5.41) is 0. The average Bonchev–Trinajstić information content (AvgIpc) is 3.26. The summed E-state index contributed by atoms with van der Waals surface area (Å²) in [6, 6.07) is 27.8. The van der Waals surface area contributed by atoms with Gasteiger partial charge in [0.15, 0.2) is 0 Å². The maximum atomic E-state index is 13.3. The standard InChI is InChI=1S/C29H34N2O3/c1-31(18-10-20-34-27-16-9-15-26(21-27)33-2)19-17-25(22-31)29(28(30)32,23-11-5-3-6-12-23)24-13-7-4-8-14-24/h3-9,11-16,21,25H,10,17-20,22H2,1-2H3,(H-,30,32)/p+1. The summed E-state index contributed by atoms with van der Waals surface area (Å²) >= 11 is 0. The van der Waals surface area contributed by atoms with Gasteiger partial charge in [0.1, 0.15) is 16.9 Å². The molecule has 2 N–H and O–H groups in total. The molecule has 0 aromatic heterocycles. The minimum absolute atomic E-state index is 0.124. The van der Waals surface area contributed by atoms with E-state index >= 15 is 0 Å². The highest BCUT2D eigenvalue weighted by atomic mass is 16.5. The molecular formula is C29H35N2O3+. The number of carbonyl (C=O) groups excluding carboxylic acids is 1. The van der Waals surface area contributed by atoms with E-state index in [1.807, 2.05) is 84.9 Å². The molecule has 0 bridgehead atoms. The van der Waals surface area contributed by atoms with Crippen molar-refractivity contribution in [3.63, 3.8) is 0 Å². The number of benzene rings is 3. The summed E-state index contributed by atoms with van der Waals surface area (Å²) in [6.07, 6.45) is 1.88. The van der Waals surface area contributed by atoms with Crippen molar-refractivity contribution in [3.05, 3.63) is 96.1 Å². The van der Waals surface area contributed by atoms with Crippen LogP contribution >= 0.6 is 0 Å². The van der Waals surface area contributed by atoms with Crippen LogP contribution in [0.15, 0.2) is 84.9 Å². The van der Waals surface area contributed by atoms with Crippen LogP contribution in [0.25, 0.3) is 0 Å². The van der Waals surface area contributed by atoms with Gasteiger partial charge in [-0.2, -0.15) is 0 Å². The van der Waals surface area contributed by atoms with Crippen molar-refractivity contribution in [2.24, 2.45) is 11.7 Å². The second-order valence-corrected chi connectivity index (χ2v) is 9.52. The van der Waals surface area contributed by atoms with Crippen LogP contribution in [-0.4, -0.2) is 50.8 Å². The zero-order valence-corrected chi connectivity index (χ0v) is 20.2. The number of ether oxygens (including phenoxy) is 2. The Bertz CT molecular complexity index is 1050. The van der Waals surface area contributed by atoms with Crippen LogP contribution in [0.2, 0.25) is 0 Å². The van der Waals surface area contributed by atoms with E-state index in [1.165, 1.54) is 0 Å². The van der Waals surface area contributed by atoms with E-state index in [-0.39, 0.29) is 11.8 Å². The molecule has 1 aliphatic heterocycles. The van der Waals surface area contributed by atoms with E-state index in [9.17, 15) is 4.79 Å². The summed E-state index contributed by atoms with van der Waals surface area (Å²) in [5.74, 6) is 1.47. The fourth-order valence-electron chi connectivity index (χ4n) is 5.59. The molecular weight excluding hydrogens is 424 g/mol. The van der Waals surface area contributed by atoms with Gasteiger partial charge in [0.05, 0.1) is 40.4 Å². The Morgan fingerprint density at radius 1 is 0.971 bits per heavy atom. The molecule has 1 saturated heterocycles. The first-order chi connectivity index (χ1) is 16.5. The summed E-state index contributed by atoms with van der Waals surface area (Å²) in [5.41, 5.74) is 7.36. The molecule has 5 nitrogen and oxygen atoms in total. The molecule has 2 atom stereocenters. The van der Waals surface area contributed by atoms with Crippen molar-refractivity contribution >= 4 is 5.91 Å². The first-order valence-corrected chi connectivity index (χ1v) is 12.0. The third-order valence-electron chi connectivity index (χ3n) is 7.29. The molecule has 0 saturated carbocycles. The molecule has 34 heavy (non-hydrogen) atoms. The number of amides is 1. The third-order valence-corrected chi connectivity index (χ3v) is 7.29. The number of hydrogen-bond acceptors (Lipinski definition) is 3. The largest absolute Gasteiger partial charge is 0.497 e. The van der Waals surface area contributed by atoms with Gasteiger partial charge >= 0.3 is 0 Å². The highest BCUT2D eigenvalue weighted by Gasteiger charge is 2.53. The lowest BCUT2D eigenvalue weighted by atomic mass is 9.64. The Morgan fingerprint density at radius 2 is 1.59 bits per heavy atom. The third kappa shape index (κ3) is 4.80. The number of methoxy groups -OCH3 is 1. The number of rotatable bonds is 10. The van der Waals surface area contributed by atoms with E-state index in [4.69, 9.17) is 15.2 Å². The van der Waals surface area contributed by atoms with Gasteiger partial charge in [-0.25, -0.2) is 0 Å². The Labute approximate surface area is 202 Å². The second-order valence-electron chi connectivity index (χ2n) is 9.52. The number of hydrogen-bond donors (Lipinski definition) is 1. The topological polar surface area (TPSA) is 61.6 Å². The van der Waals surface area contributed by atoms with E-state index in [0.29, 0.717) is 6.61 Å². The maximum absolute atomic E-state index is 13.3. The molecule has 5 heteroatoms. The summed E-state index contributed by atoms with van der Waals surface area (Å²) in [6.45, 7) is 3.54. The monoisotopic (exact) mass is 459 g/mol. The number of primary amides is 1. The average molecular weight is 460 g/mol. The van der Waals surface area contributed by atoms with E-state index in [1.54, 1.807) is 7.11 Å². The first kappa shape index (κ1) is 23.8. The lowest BCUT2D eigenvalue weighted by molar-refractivity contribution is -0.899. The van der Waals surface area contributed by atoms with Gasteiger partial charge in [-0.15, -0.1) is 0 Å². The number of quaternary nitrogens is 1. The summed E-state index contributed by atoms with van der Waals surface area (Å²) in [7, 11) is 3.94. The van der Waals surface area contributed by atoms with Gasteiger partial charge in [0.2, 0.25) is 5.91 Å². The molecule has 0 radical (unpaired) electrons. The van der Waals surface area contributed by atoms with Crippen molar-refractivity contribution in [2.75, 3.05) is 40.4 Å². The van der Waals surface area contributed by atoms with Crippen molar-refractivity contribution < 1.29 is 18.8 Å². The van der Waals surface area contributed by atoms with Crippen molar-refractivity contribution in [1.82, 2.24) is 0 Å². The van der Waals surface area contributed by atoms with Gasteiger partial charge in [-0.3, -0.25) is 4.79 Å². The van der Waals surface area contributed by atoms with Crippen molar-refractivity contribution in [1.29, 1.82) is 0 Å². The number of nitrogens with zero attached hydrogens (tertiary/aromatic N) is 1. The molecule has 1 fully saturated rings. The molecule has 1 amide bonds. The van der Waals surface area contributed by atoms with Gasteiger partial charge in [-0.1, -0.05) is 66.7 Å². The van der Waals surface area contributed by atoms with Crippen LogP contribution in [0.3, 0.4) is 0 Å². The molecule has 3 aromatic rings. The van der Waals surface area contributed by atoms with Crippen LogP contribution < -0.4 is 15.2 Å². The number of nitrogens with two attached hydrogens (primary N) is 1. The van der Waals surface area contributed by atoms with Crippen LogP contribution in [-0.2, 0) is 10.2 Å². The minimum atomic E-state index is -0.838. The van der Waals surface area contributed by atoms with Crippen LogP contribution in [0, 0.1) is 5.92 Å². The number of carbonyl (C=O) groups is 1. The van der Waals surface area contributed by atoms with Crippen LogP contribution in [0.5, 0.6) is 11.5 Å². The van der Waals surface area contributed by atoms with Gasteiger partial charge in [0, 0.05) is 24.8 Å². The van der Waals surface area contributed by atoms with E-state index in [0.717, 1.165) is 59.6 Å². The molecule has 0 spiro atoms. The molecule has 3 aromatic carbocycles. The fourth-order valence-corrected chi connectivity index (χ4v) is 5.59. The minimum Gasteiger partial charge on any atom is -0.497 e. The lowest BCUT2D eigenvalue weighted by Gasteiger charge is -2.38. The molecule has 1 aliphatic rings. The lowest BCUT2D eigenvalue weighted by Crippen LogP contribution is -2.51. The van der Waals surface area contributed by atoms with Crippen LogP contribution in [0.4, 0.5) is 0 Å². The van der Waals surface area contributed by atoms with Gasteiger partial charge in [0.25, 0.3) is 0 Å². The Kier molecular flexibility index (Phi) is 7.23. The normalized spacial score (nSPS) is 20.1. The fraction of sp³-hybridized carbons (Fsp3) is 0.345. The van der Waals surface area contributed by atoms with Crippen molar-refractivity contribution in [3.8, 4) is 11.5 Å². The molecule has 1 heterocycles. The molecule has 0 aliphatic carbocycles. The summed E-state index contributed by atoms with van der Waals surface area (Å²) in [4.78, 5) is 13.3. The zero-order valence-electron chi connectivity index (χ0n) is 20.2. The highest BCUT2D eigenvalue weighted by molar-refractivity contribution is 5.91. The zero-order chi connectivity index (χ0) is 24.0. The van der Waals surface area contributed by atoms with E-state index < -0.39 is 5.41 Å². The maximum Gasteiger partial charge on any atom is 0.233 e. The smallest absolute Gasteiger partial charge is 0.233 e. The first-order valence-electron chi connectivity index (χ1n) is 12.0. The van der Waals surface area contributed by atoms with Crippen LogP contribution in [0.1, 0.15) is 24.0 Å². The SMILES string of the molecule is COc1cccc(OCCC[N+]2(C)CCC(C(C(N)=O)(c3ccccc3)c3ccccc3)C2)c1. The highest BCUT2D eigenvalue weighted by Crippen LogP contribution is 2.45. The van der Waals surface area contributed by atoms with Crippen molar-refractivity contribution in [2.45, 2.75) is 18.3 Å². The van der Waals surface area contributed by atoms with E-state index in [2.05, 4.69) is 7.05 Å². The Morgan fingerprint density at radius 3 is 2.18 bits per heavy atom. The van der Waals surface area contributed by atoms with Gasteiger partial charge < -0.3 is 19.7 Å². The van der Waals surface area contributed by atoms with Gasteiger partial charge in [-0.05, 0) is 23.3 Å². The second kappa shape index (κ2) is 10.3. The summed E-state index contributed by atoms with van der Waals surface area (Å²) < 4.78 is 12.1. The Balaban J connectivity index is 1.50. The number of likely N-dealkylation sites (tertiary alicyclic amines) is 1. The Hall–Kier alpha value is -3.31. The molecule has 4 rings (SSSR count). The predicted molar refractivity (Wildman–Crippen MR) is 135 cm³/mol. The molecule has 178 valence electrons. The molecule has 2 unspecified atom stereocenters. The quantitative estimate of drug-likeness (QED) is 0.361.